The molecule has 0 atom stereocenters. The number of hydrogen-bond donors (Lipinski definition) is 2. The van der Waals surface area contributed by atoms with Crippen molar-refractivity contribution >= 4 is 39.3 Å². The van der Waals surface area contributed by atoms with Gasteiger partial charge in [-0.05, 0) is 54.6 Å². The lowest BCUT2D eigenvalue weighted by Crippen LogP contribution is -2.15. The maximum Gasteiger partial charge on any atom is 0.264 e. The van der Waals surface area contributed by atoms with Crippen LogP contribution in [-0.2, 0) is 10.0 Å². The summed E-state index contributed by atoms with van der Waals surface area (Å²) in [5.41, 5.74) is 1.09. The lowest BCUT2D eigenvalue weighted by molar-refractivity contribution is 0.102. The van der Waals surface area contributed by atoms with Crippen LogP contribution in [0.3, 0.4) is 0 Å². The van der Waals surface area contributed by atoms with Crippen molar-refractivity contribution in [2.24, 2.45) is 0 Å². The number of amides is 1. The van der Waals surface area contributed by atoms with Crippen molar-refractivity contribution in [2.45, 2.75) is 23.1 Å². The first-order valence-corrected chi connectivity index (χ1v) is 11.4. The normalized spacial score (nSPS) is 11.1. The Morgan fingerprint density at radius 3 is 2.38 bits per heavy atom. The van der Waals surface area contributed by atoms with Crippen LogP contribution in [0.15, 0.2) is 76.8 Å². The summed E-state index contributed by atoms with van der Waals surface area (Å²) in [5.74, 6) is 0.677. The van der Waals surface area contributed by atoms with E-state index in [0.29, 0.717) is 11.3 Å². The van der Waals surface area contributed by atoms with Gasteiger partial charge in [-0.3, -0.25) is 4.79 Å². The summed E-state index contributed by atoms with van der Waals surface area (Å²) in [5, 5.41) is 2.81. The molecule has 1 heterocycles. The third-order valence-corrected chi connectivity index (χ3v) is 6.43. The van der Waals surface area contributed by atoms with Crippen molar-refractivity contribution in [3.05, 3.63) is 72.6 Å². The number of aromatic nitrogens is 2. The predicted octanol–water partition coefficient (Wildman–Crippen LogP) is 4.03. The van der Waals surface area contributed by atoms with Gasteiger partial charge in [0.25, 0.3) is 15.9 Å². The summed E-state index contributed by atoms with van der Waals surface area (Å²) < 4.78 is 27.1. The van der Waals surface area contributed by atoms with Crippen molar-refractivity contribution in [3.8, 4) is 0 Å². The minimum Gasteiger partial charge on any atom is -0.322 e. The zero-order valence-electron chi connectivity index (χ0n) is 15.7. The average molecular weight is 429 g/mol. The van der Waals surface area contributed by atoms with Crippen LogP contribution in [0.25, 0.3) is 0 Å². The third kappa shape index (κ3) is 5.55. The Kier molecular flexibility index (Phi) is 6.84. The molecule has 3 aromatic rings. The Labute approximate surface area is 174 Å². The van der Waals surface area contributed by atoms with Gasteiger partial charge >= 0.3 is 0 Å². The van der Waals surface area contributed by atoms with Gasteiger partial charge in [-0.2, -0.15) is 0 Å². The van der Waals surface area contributed by atoms with E-state index in [1.807, 2.05) is 18.2 Å². The minimum absolute atomic E-state index is 0.00827. The van der Waals surface area contributed by atoms with E-state index in [4.69, 9.17) is 0 Å². The molecule has 0 aliphatic heterocycles. The van der Waals surface area contributed by atoms with E-state index in [2.05, 4.69) is 26.9 Å². The van der Waals surface area contributed by atoms with Crippen molar-refractivity contribution in [1.29, 1.82) is 0 Å². The fourth-order valence-corrected chi connectivity index (χ4v) is 4.31. The molecular weight excluding hydrogens is 408 g/mol. The van der Waals surface area contributed by atoms with Gasteiger partial charge in [-0.25, -0.2) is 23.1 Å². The number of carbonyl (C=O) groups excluding carboxylic acids is 1. The topological polar surface area (TPSA) is 101 Å². The molecule has 0 unspecified atom stereocenters. The Morgan fingerprint density at radius 1 is 1.00 bits per heavy atom. The molecular formula is C20H20N4O3S2. The Balaban J connectivity index is 1.72. The van der Waals surface area contributed by atoms with E-state index < -0.39 is 10.0 Å². The Morgan fingerprint density at radius 2 is 1.69 bits per heavy atom. The van der Waals surface area contributed by atoms with Crippen LogP contribution < -0.4 is 10.0 Å². The summed E-state index contributed by atoms with van der Waals surface area (Å²) in [4.78, 5) is 21.3. The van der Waals surface area contributed by atoms with Crippen molar-refractivity contribution in [2.75, 3.05) is 15.8 Å². The number of sulfonamides is 1. The molecule has 2 N–H and O–H groups in total. The molecule has 1 aromatic heterocycles. The molecule has 0 fully saturated rings. The zero-order valence-corrected chi connectivity index (χ0v) is 17.3. The first-order valence-electron chi connectivity index (χ1n) is 8.92. The van der Waals surface area contributed by atoms with Gasteiger partial charge in [-0.15, -0.1) is 11.8 Å². The van der Waals surface area contributed by atoms with Crippen molar-refractivity contribution in [3.63, 3.8) is 0 Å². The number of thioether (sulfide) groups is 1. The van der Waals surface area contributed by atoms with Crippen LogP contribution in [0.4, 0.5) is 11.6 Å². The van der Waals surface area contributed by atoms with E-state index in [-0.39, 0.29) is 16.8 Å². The highest BCUT2D eigenvalue weighted by Crippen LogP contribution is 2.24. The van der Waals surface area contributed by atoms with Gasteiger partial charge in [0.2, 0.25) is 5.95 Å². The second-order valence-corrected chi connectivity index (χ2v) is 8.82. The zero-order chi connectivity index (χ0) is 20.7. The number of rotatable bonds is 8. The number of hydrogen-bond acceptors (Lipinski definition) is 6. The van der Waals surface area contributed by atoms with Crippen LogP contribution in [0, 0.1) is 0 Å². The van der Waals surface area contributed by atoms with Gasteiger partial charge in [0.05, 0.1) is 10.5 Å². The van der Waals surface area contributed by atoms with E-state index in [1.54, 1.807) is 36.0 Å². The standard InChI is InChI=1S/C20H20N4O3S2/c1-2-14-28-18-7-4-3-6-17(18)19(25)23-15-8-10-16(11-9-15)29(26,27)24-20-21-12-5-13-22-20/h3-13H,2,14H2,1H3,(H,23,25)(H,21,22,24). The van der Waals surface area contributed by atoms with E-state index in [0.717, 1.165) is 17.1 Å². The first-order chi connectivity index (χ1) is 14.0. The van der Waals surface area contributed by atoms with Crippen LogP contribution in [0.5, 0.6) is 0 Å². The Hall–Kier alpha value is -2.91. The molecule has 0 spiro atoms. The number of anilines is 2. The predicted molar refractivity (Wildman–Crippen MR) is 115 cm³/mol. The van der Waals surface area contributed by atoms with Crippen molar-refractivity contribution in [1.82, 2.24) is 9.97 Å². The van der Waals surface area contributed by atoms with E-state index >= 15 is 0 Å². The van der Waals surface area contributed by atoms with Gasteiger partial charge in [-0.1, -0.05) is 19.1 Å². The Bertz CT molecular complexity index is 1070. The summed E-state index contributed by atoms with van der Waals surface area (Å²) in [6, 6.07) is 14.9. The molecule has 0 aliphatic rings. The van der Waals surface area contributed by atoms with Gasteiger partial charge < -0.3 is 5.32 Å². The smallest absolute Gasteiger partial charge is 0.264 e. The molecule has 3 rings (SSSR count). The molecule has 9 heteroatoms. The second kappa shape index (κ2) is 9.53. The molecule has 29 heavy (non-hydrogen) atoms. The molecule has 1 amide bonds. The maximum absolute atomic E-state index is 12.6. The molecule has 2 aromatic carbocycles. The van der Waals surface area contributed by atoms with Gasteiger partial charge in [0.1, 0.15) is 0 Å². The highest BCUT2D eigenvalue weighted by Gasteiger charge is 2.16. The highest BCUT2D eigenvalue weighted by atomic mass is 32.2. The summed E-state index contributed by atoms with van der Waals surface area (Å²) in [6.45, 7) is 2.09. The summed E-state index contributed by atoms with van der Waals surface area (Å²) in [6.07, 6.45) is 3.90. The van der Waals surface area contributed by atoms with Crippen LogP contribution in [-0.4, -0.2) is 30.0 Å². The molecule has 0 aliphatic carbocycles. The number of nitrogens with one attached hydrogen (secondary N) is 2. The summed E-state index contributed by atoms with van der Waals surface area (Å²) >= 11 is 1.63. The maximum atomic E-state index is 12.6. The van der Waals surface area contributed by atoms with Crippen LogP contribution >= 0.6 is 11.8 Å². The van der Waals surface area contributed by atoms with E-state index in [1.165, 1.54) is 24.5 Å². The molecule has 0 bridgehead atoms. The van der Waals surface area contributed by atoms with Crippen molar-refractivity contribution < 1.29 is 13.2 Å². The summed E-state index contributed by atoms with van der Waals surface area (Å²) in [7, 11) is -3.82. The van der Waals surface area contributed by atoms with Gasteiger partial charge in [0, 0.05) is 23.0 Å². The molecule has 7 nitrogen and oxygen atoms in total. The molecule has 150 valence electrons. The van der Waals surface area contributed by atoms with Crippen LogP contribution in [0.1, 0.15) is 23.7 Å². The first kappa shape index (κ1) is 20.8. The number of carbonyl (C=O) groups is 1. The third-order valence-electron chi connectivity index (χ3n) is 3.81. The molecule has 0 radical (unpaired) electrons. The second-order valence-electron chi connectivity index (χ2n) is 6.00. The fourth-order valence-electron chi connectivity index (χ4n) is 2.44. The van der Waals surface area contributed by atoms with Crippen LogP contribution in [0.2, 0.25) is 0 Å². The number of nitrogens with zero attached hydrogens (tertiary/aromatic N) is 2. The lowest BCUT2D eigenvalue weighted by Gasteiger charge is -2.10. The highest BCUT2D eigenvalue weighted by molar-refractivity contribution is 7.99. The monoisotopic (exact) mass is 428 g/mol. The fraction of sp³-hybridized carbons (Fsp3) is 0.150. The van der Waals surface area contributed by atoms with Gasteiger partial charge in [0.15, 0.2) is 0 Å². The number of benzene rings is 2. The molecule has 0 saturated heterocycles. The quantitative estimate of drug-likeness (QED) is 0.525. The molecule has 0 saturated carbocycles. The van der Waals surface area contributed by atoms with E-state index in [9.17, 15) is 13.2 Å². The lowest BCUT2D eigenvalue weighted by atomic mass is 10.2. The average Bonchev–Trinajstić information content (AvgIpc) is 2.73. The largest absolute Gasteiger partial charge is 0.322 e. The SMILES string of the molecule is CCCSc1ccccc1C(=O)Nc1ccc(S(=O)(=O)Nc2ncccn2)cc1. The minimum atomic E-state index is -3.82.